The van der Waals surface area contributed by atoms with Crippen molar-refractivity contribution in [1.29, 1.82) is 0 Å². The van der Waals surface area contributed by atoms with E-state index in [0.29, 0.717) is 12.2 Å². The van der Waals surface area contributed by atoms with E-state index in [1.165, 1.54) is 0 Å². The van der Waals surface area contributed by atoms with Crippen LogP contribution in [0.15, 0.2) is 18.2 Å². The van der Waals surface area contributed by atoms with Gasteiger partial charge in [0.05, 0.1) is 11.4 Å². The fourth-order valence-corrected chi connectivity index (χ4v) is 3.40. The van der Waals surface area contributed by atoms with E-state index < -0.39 is 10.0 Å². The molecule has 1 aromatic carbocycles. The first-order valence-electron chi connectivity index (χ1n) is 6.97. The number of hydrogen-bond donors (Lipinski definition) is 2. The van der Waals surface area contributed by atoms with Crippen molar-refractivity contribution in [2.75, 3.05) is 43.2 Å². The summed E-state index contributed by atoms with van der Waals surface area (Å²) in [6.45, 7) is 8.15. The Bertz CT molecular complexity index is 552. The average molecular weight is 297 g/mol. The van der Waals surface area contributed by atoms with Gasteiger partial charge in [-0.15, -0.1) is 0 Å². The van der Waals surface area contributed by atoms with Crippen molar-refractivity contribution < 1.29 is 8.42 Å². The number of anilines is 1. The molecule has 1 heterocycles. The summed E-state index contributed by atoms with van der Waals surface area (Å²) in [4.78, 5) is 2.18. The lowest BCUT2D eigenvalue weighted by Crippen LogP contribution is -2.45. The topological polar surface area (TPSA) is 61.4 Å². The average Bonchev–Trinajstić information content (AvgIpc) is 2.42. The van der Waals surface area contributed by atoms with Crippen LogP contribution in [0.25, 0.3) is 0 Å². The zero-order valence-electron chi connectivity index (χ0n) is 12.1. The van der Waals surface area contributed by atoms with Gasteiger partial charge >= 0.3 is 0 Å². The van der Waals surface area contributed by atoms with Gasteiger partial charge in [0.1, 0.15) is 0 Å². The van der Waals surface area contributed by atoms with E-state index in [1.54, 1.807) is 0 Å². The molecule has 0 spiro atoms. The molecule has 0 saturated carbocycles. The van der Waals surface area contributed by atoms with E-state index in [9.17, 15) is 8.42 Å². The monoisotopic (exact) mass is 297 g/mol. The number of sulfonamides is 1. The first-order valence-corrected chi connectivity index (χ1v) is 8.62. The molecule has 1 aliphatic heterocycles. The van der Waals surface area contributed by atoms with Gasteiger partial charge in [-0.25, -0.2) is 8.42 Å². The molecule has 0 aromatic heterocycles. The van der Waals surface area contributed by atoms with E-state index >= 15 is 0 Å². The molecule has 0 unspecified atom stereocenters. The van der Waals surface area contributed by atoms with Gasteiger partial charge in [-0.3, -0.25) is 9.62 Å². The highest BCUT2D eigenvalue weighted by atomic mass is 32.2. The van der Waals surface area contributed by atoms with Gasteiger partial charge in [-0.2, -0.15) is 0 Å². The molecule has 0 bridgehead atoms. The summed E-state index contributed by atoms with van der Waals surface area (Å²) in [5, 5.41) is 3.26. The predicted molar refractivity (Wildman–Crippen MR) is 82.6 cm³/mol. The minimum absolute atomic E-state index is 0.139. The van der Waals surface area contributed by atoms with E-state index in [1.807, 2.05) is 32.0 Å². The van der Waals surface area contributed by atoms with Gasteiger partial charge in [-0.1, -0.05) is 12.1 Å². The standard InChI is InChI=1S/C14H23N3O2S/c1-12-3-4-13(2)14(11-12)16-20(18,19)10-9-17-7-5-15-6-8-17/h3-4,11,15-16H,5-10H2,1-2H3. The molecule has 0 aliphatic carbocycles. The fraction of sp³-hybridized carbons (Fsp3) is 0.571. The first-order chi connectivity index (χ1) is 9.46. The summed E-state index contributed by atoms with van der Waals surface area (Å²) in [5.74, 6) is 0.139. The summed E-state index contributed by atoms with van der Waals surface area (Å²) >= 11 is 0. The van der Waals surface area contributed by atoms with Gasteiger partial charge in [0, 0.05) is 32.7 Å². The number of nitrogens with zero attached hydrogens (tertiary/aromatic N) is 1. The Hall–Kier alpha value is -1.11. The molecular weight excluding hydrogens is 274 g/mol. The SMILES string of the molecule is Cc1ccc(C)c(NS(=O)(=O)CCN2CCNCC2)c1. The number of piperazine rings is 1. The summed E-state index contributed by atoms with van der Waals surface area (Å²) in [6, 6.07) is 5.79. The van der Waals surface area contributed by atoms with Gasteiger partial charge in [0.2, 0.25) is 10.0 Å². The van der Waals surface area contributed by atoms with Crippen molar-refractivity contribution >= 4 is 15.7 Å². The second-order valence-corrected chi connectivity index (χ2v) is 7.17. The van der Waals surface area contributed by atoms with Crippen LogP contribution >= 0.6 is 0 Å². The smallest absolute Gasteiger partial charge is 0.233 e. The lowest BCUT2D eigenvalue weighted by atomic mass is 10.1. The Morgan fingerprint density at radius 1 is 1.25 bits per heavy atom. The molecule has 1 aliphatic rings. The van der Waals surface area contributed by atoms with Crippen molar-refractivity contribution in [2.45, 2.75) is 13.8 Å². The molecular formula is C14H23N3O2S. The molecule has 1 fully saturated rings. The first kappa shape index (κ1) is 15.3. The molecule has 20 heavy (non-hydrogen) atoms. The van der Waals surface area contributed by atoms with Crippen LogP contribution in [0.5, 0.6) is 0 Å². The van der Waals surface area contributed by atoms with Crippen LogP contribution in [-0.2, 0) is 10.0 Å². The molecule has 2 N–H and O–H groups in total. The largest absolute Gasteiger partial charge is 0.314 e. The van der Waals surface area contributed by atoms with E-state index in [2.05, 4.69) is 14.9 Å². The van der Waals surface area contributed by atoms with Crippen LogP contribution in [0.1, 0.15) is 11.1 Å². The van der Waals surface area contributed by atoms with Crippen LogP contribution in [0.3, 0.4) is 0 Å². The molecule has 6 heteroatoms. The van der Waals surface area contributed by atoms with Crippen LogP contribution in [0.4, 0.5) is 5.69 Å². The van der Waals surface area contributed by atoms with Gasteiger partial charge in [-0.05, 0) is 31.0 Å². The third kappa shape index (κ3) is 4.47. The Kier molecular flexibility index (Phi) is 5.01. The molecule has 2 rings (SSSR count). The number of rotatable bonds is 5. The van der Waals surface area contributed by atoms with Crippen molar-refractivity contribution in [1.82, 2.24) is 10.2 Å². The van der Waals surface area contributed by atoms with Crippen molar-refractivity contribution in [3.63, 3.8) is 0 Å². The highest BCUT2D eigenvalue weighted by molar-refractivity contribution is 7.92. The maximum Gasteiger partial charge on any atom is 0.233 e. The van der Waals surface area contributed by atoms with Crippen molar-refractivity contribution in [3.8, 4) is 0 Å². The van der Waals surface area contributed by atoms with Crippen molar-refractivity contribution in [3.05, 3.63) is 29.3 Å². The highest BCUT2D eigenvalue weighted by Crippen LogP contribution is 2.17. The van der Waals surface area contributed by atoms with Gasteiger partial charge in [0.25, 0.3) is 0 Å². The molecule has 0 atom stereocenters. The highest BCUT2D eigenvalue weighted by Gasteiger charge is 2.16. The van der Waals surface area contributed by atoms with Crippen LogP contribution in [-0.4, -0.2) is 51.8 Å². The Balaban J connectivity index is 1.94. The number of hydrogen-bond acceptors (Lipinski definition) is 4. The summed E-state index contributed by atoms with van der Waals surface area (Å²) in [6.07, 6.45) is 0. The molecule has 112 valence electrons. The Morgan fingerprint density at radius 3 is 2.65 bits per heavy atom. The Labute approximate surface area is 121 Å². The maximum absolute atomic E-state index is 12.2. The summed E-state index contributed by atoms with van der Waals surface area (Å²) in [7, 11) is -3.29. The lowest BCUT2D eigenvalue weighted by molar-refractivity contribution is 0.254. The minimum atomic E-state index is -3.29. The quantitative estimate of drug-likeness (QED) is 0.849. The second kappa shape index (κ2) is 6.56. The summed E-state index contributed by atoms with van der Waals surface area (Å²) in [5.41, 5.74) is 2.68. The van der Waals surface area contributed by atoms with E-state index in [-0.39, 0.29) is 5.75 Å². The summed E-state index contributed by atoms with van der Waals surface area (Å²) < 4.78 is 27.0. The normalized spacial score (nSPS) is 17.1. The molecule has 0 amide bonds. The van der Waals surface area contributed by atoms with E-state index in [4.69, 9.17) is 0 Å². The molecule has 0 radical (unpaired) electrons. The number of aryl methyl sites for hydroxylation is 2. The van der Waals surface area contributed by atoms with Crippen LogP contribution in [0, 0.1) is 13.8 Å². The van der Waals surface area contributed by atoms with Crippen LogP contribution < -0.4 is 10.0 Å². The second-order valence-electron chi connectivity index (χ2n) is 5.33. The molecule has 1 aromatic rings. The van der Waals surface area contributed by atoms with Crippen molar-refractivity contribution in [2.24, 2.45) is 0 Å². The van der Waals surface area contributed by atoms with Gasteiger partial charge in [0.15, 0.2) is 0 Å². The zero-order valence-corrected chi connectivity index (χ0v) is 13.0. The number of nitrogens with one attached hydrogen (secondary N) is 2. The van der Waals surface area contributed by atoms with Gasteiger partial charge < -0.3 is 5.32 Å². The molecule has 5 nitrogen and oxygen atoms in total. The number of benzene rings is 1. The van der Waals surface area contributed by atoms with E-state index in [0.717, 1.165) is 37.3 Å². The fourth-order valence-electron chi connectivity index (χ4n) is 2.25. The third-order valence-electron chi connectivity index (χ3n) is 3.54. The Morgan fingerprint density at radius 2 is 1.95 bits per heavy atom. The molecule has 1 saturated heterocycles. The maximum atomic E-state index is 12.2. The van der Waals surface area contributed by atoms with Crippen LogP contribution in [0.2, 0.25) is 0 Å². The third-order valence-corrected chi connectivity index (χ3v) is 4.80. The minimum Gasteiger partial charge on any atom is -0.314 e. The lowest BCUT2D eigenvalue weighted by Gasteiger charge is -2.27. The zero-order chi connectivity index (χ0) is 14.6. The predicted octanol–water partition coefficient (Wildman–Crippen LogP) is 0.950.